The number of thioether (sulfide) groups is 1. The Morgan fingerprint density at radius 1 is 1.17 bits per heavy atom. The summed E-state index contributed by atoms with van der Waals surface area (Å²) in [5.41, 5.74) is 1.35. The molecule has 0 spiro atoms. The van der Waals surface area contributed by atoms with Crippen LogP contribution < -0.4 is 4.90 Å². The van der Waals surface area contributed by atoms with Gasteiger partial charge in [0.15, 0.2) is 4.32 Å². The average molecular weight is 357 g/mol. The Balaban J connectivity index is 1.90. The van der Waals surface area contributed by atoms with Crippen molar-refractivity contribution in [2.24, 2.45) is 0 Å². The van der Waals surface area contributed by atoms with Crippen molar-refractivity contribution in [1.29, 1.82) is 0 Å². The first-order valence-corrected chi connectivity index (χ1v) is 8.08. The summed E-state index contributed by atoms with van der Waals surface area (Å²) in [5, 5.41) is 18.4. The molecule has 0 saturated carbocycles. The van der Waals surface area contributed by atoms with Crippen LogP contribution in [-0.2, 0) is 4.79 Å². The van der Waals surface area contributed by atoms with Crippen molar-refractivity contribution in [2.45, 2.75) is 0 Å². The van der Waals surface area contributed by atoms with Crippen LogP contribution in [0.2, 0.25) is 0 Å². The monoisotopic (exact) mass is 357 g/mol. The number of thiocarbonyl (C=S) groups is 1. The van der Waals surface area contributed by atoms with Gasteiger partial charge in [-0.1, -0.05) is 36.1 Å². The largest absolute Gasteiger partial charge is 0.508 e. The van der Waals surface area contributed by atoms with Crippen LogP contribution in [0.15, 0.2) is 53.4 Å². The van der Waals surface area contributed by atoms with Gasteiger partial charge in [0.2, 0.25) is 0 Å². The zero-order valence-electron chi connectivity index (χ0n) is 12.2. The standard InChI is InChI=1S/C17H11NO4S2/c19-13-3-1-2-10(8-13)9-14-15(20)18(17(23)24-14)12-6-4-11(5-7-12)16(21)22/h1-9,19H,(H,21,22)/b14-9+. The first-order valence-electron chi connectivity index (χ1n) is 6.86. The van der Waals surface area contributed by atoms with E-state index in [1.807, 2.05) is 0 Å². The van der Waals surface area contributed by atoms with Crippen LogP contribution in [0.5, 0.6) is 5.75 Å². The summed E-state index contributed by atoms with van der Waals surface area (Å²) in [6.45, 7) is 0. The minimum Gasteiger partial charge on any atom is -0.508 e. The molecule has 2 aromatic rings. The Kier molecular flexibility index (Phi) is 4.37. The lowest BCUT2D eigenvalue weighted by atomic mass is 10.2. The predicted molar refractivity (Wildman–Crippen MR) is 97.2 cm³/mol. The Hall–Kier alpha value is -2.64. The first-order chi connectivity index (χ1) is 11.5. The molecular weight excluding hydrogens is 346 g/mol. The summed E-state index contributed by atoms with van der Waals surface area (Å²) in [4.78, 5) is 25.3. The second-order valence-electron chi connectivity index (χ2n) is 4.96. The van der Waals surface area contributed by atoms with Crippen LogP contribution >= 0.6 is 24.0 Å². The number of benzene rings is 2. The van der Waals surface area contributed by atoms with E-state index in [0.717, 1.165) is 11.8 Å². The third kappa shape index (κ3) is 3.17. The number of phenols is 1. The molecule has 1 fully saturated rings. The van der Waals surface area contributed by atoms with Crippen LogP contribution in [0.25, 0.3) is 6.08 Å². The highest BCUT2D eigenvalue weighted by atomic mass is 32.2. The van der Waals surface area contributed by atoms with Crippen molar-refractivity contribution in [3.63, 3.8) is 0 Å². The van der Waals surface area contributed by atoms with Crippen molar-refractivity contribution < 1.29 is 19.8 Å². The lowest BCUT2D eigenvalue weighted by Crippen LogP contribution is -2.27. The maximum atomic E-state index is 12.6. The molecule has 3 rings (SSSR count). The Morgan fingerprint density at radius 2 is 1.88 bits per heavy atom. The topological polar surface area (TPSA) is 77.8 Å². The summed E-state index contributed by atoms with van der Waals surface area (Å²) in [5.74, 6) is -1.20. The molecule has 5 nitrogen and oxygen atoms in total. The van der Waals surface area contributed by atoms with Crippen LogP contribution in [-0.4, -0.2) is 26.4 Å². The number of rotatable bonds is 3. The number of hydrogen-bond acceptors (Lipinski definition) is 5. The van der Waals surface area contributed by atoms with Crippen molar-refractivity contribution in [3.8, 4) is 5.75 Å². The second kappa shape index (κ2) is 6.46. The summed E-state index contributed by atoms with van der Waals surface area (Å²) < 4.78 is 0.370. The number of aromatic carboxylic acids is 1. The van der Waals surface area contributed by atoms with Gasteiger partial charge in [-0.05, 0) is 48.0 Å². The zero-order chi connectivity index (χ0) is 17.3. The number of amides is 1. The van der Waals surface area contributed by atoms with Gasteiger partial charge in [-0.15, -0.1) is 0 Å². The van der Waals surface area contributed by atoms with Crippen molar-refractivity contribution in [2.75, 3.05) is 4.90 Å². The van der Waals surface area contributed by atoms with Gasteiger partial charge in [0, 0.05) is 0 Å². The Labute approximate surface area is 147 Å². The van der Waals surface area contributed by atoms with E-state index in [1.54, 1.807) is 42.5 Å². The highest BCUT2D eigenvalue weighted by Crippen LogP contribution is 2.36. The molecule has 0 atom stereocenters. The summed E-state index contributed by atoms with van der Waals surface area (Å²) in [7, 11) is 0. The van der Waals surface area contributed by atoms with Gasteiger partial charge < -0.3 is 10.2 Å². The predicted octanol–water partition coefficient (Wildman–Crippen LogP) is 3.50. The minimum atomic E-state index is -1.03. The molecule has 0 aromatic heterocycles. The van der Waals surface area contributed by atoms with Gasteiger partial charge in [0.1, 0.15) is 5.75 Å². The number of carboxylic acid groups (broad SMARTS) is 1. The number of phenolic OH excluding ortho intramolecular Hbond substituents is 1. The summed E-state index contributed by atoms with van der Waals surface area (Å²) in [6.07, 6.45) is 1.66. The molecule has 0 radical (unpaired) electrons. The van der Waals surface area contributed by atoms with E-state index in [9.17, 15) is 14.7 Å². The fourth-order valence-electron chi connectivity index (χ4n) is 2.21. The van der Waals surface area contributed by atoms with E-state index in [4.69, 9.17) is 17.3 Å². The Bertz CT molecular complexity index is 874. The van der Waals surface area contributed by atoms with Gasteiger partial charge in [-0.2, -0.15) is 0 Å². The molecule has 0 aliphatic carbocycles. The van der Waals surface area contributed by atoms with Crippen molar-refractivity contribution in [3.05, 3.63) is 64.6 Å². The molecule has 0 bridgehead atoms. The third-order valence-electron chi connectivity index (χ3n) is 3.33. The zero-order valence-corrected chi connectivity index (χ0v) is 13.8. The van der Waals surface area contributed by atoms with Crippen molar-refractivity contribution >= 4 is 51.9 Å². The van der Waals surface area contributed by atoms with Gasteiger partial charge in [-0.25, -0.2) is 4.79 Å². The van der Waals surface area contributed by atoms with Crippen LogP contribution in [0, 0.1) is 0 Å². The van der Waals surface area contributed by atoms with Crippen LogP contribution in [0.3, 0.4) is 0 Å². The fourth-order valence-corrected chi connectivity index (χ4v) is 3.51. The molecule has 0 unspecified atom stereocenters. The summed E-state index contributed by atoms with van der Waals surface area (Å²) >= 11 is 6.42. The number of aromatic hydroxyl groups is 1. The van der Waals surface area contributed by atoms with E-state index in [0.29, 0.717) is 20.5 Å². The number of nitrogens with zero attached hydrogens (tertiary/aromatic N) is 1. The van der Waals surface area contributed by atoms with E-state index < -0.39 is 5.97 Å². The molecule has 2 aromatic carbocycles. The molecule has 1 aliphatic heterocycles. The molecule has 7 heteroatoms. The summed E-state index contributed by atoms with van der Waals surface area (Å²) in [6, 6.07) is 12.5. The highest BCUT2D eigenvalue weighted by molar-refractivity contribution is 8.27. The van der Waals surface area contributed by atoms with Crippen molar-refractivity contribution in [1.82, 2.24) is 0 Å². The first kappa shape index (κ1) is 16.2. The minimum absolute atomic E-state index is 0.114. The number of carbonyl (C=O) groups excluding carboxylic acids is 1. The molecule has 2 N–H and O–H groups in total. The average Bonchev–Trinajstić information content (AvgIpc) is 2.81. The van der Waals surface area contributed by atoms with Gasteiger partial charge in [0.25, 0.3) is 5.91 Å². The quantitative estimate of drug-likeness (QED) is 0.647. The van der Waals surface area contributed by atoms with E-state index >= 15 is 0 Å². The normalized spacial score (nSPS) is 16.0. The third-order valence-corrected chi connectivity index (χ3v) is 4.64. The smallest absolute Gasteiger partial charge is 0.335 e. The Morgan fingerprint density at radius 3 is 2.50 bits per heavy atom. The molecule has 1 aliphatic rings. The second-order valence-corrected chi connectivity index (χ2v) is 6.64. The van der Waals surface area contributed by atoms with Gasteiger partial charge in [-0.3, -0.25) is 9.69 Å². The SMILES string of the molecule is O=C(O)c1ccc(N2C(=O)/C(=C\c3cccc(O)c3)SC2=S)cc1. The highest BCUT2D eigenvalue weighted by Gasteiger charge is 2.33. The maximum Gasteiger partial charge on any atom is 0.335 e. The van der Waals surface area contributed by atoms with Crippen LogP contribution in [0.1, 0.15) is 15.9 Å². The van der Waals surface area contributed by atoms with Gasteiger partial charge in [0.05, 0.1) is 16.2 Å². The van der Waals surface area contributed by atoms with Gasteiger partial charge >= 0.3 is 5.97 Å². The lowest BCUT2D eigenvalue weighted by Gasteiger charge is -2.14. The molecule has 120 valence electrons. The molecule has 1 heterocycles. The number of carboxylic acids is 1. The molecule has 1 saturated heterocycles. The number of anilines is 1. The van der Waals surface area contributed by atoms with Crippen LogP contribution in [0.4, 0.5) is 5.69 Å². The van der Waals surface area contributed by atoms with E-state index in [1.165, 1.54) is 17.0 Å². The lowest BCUT2D eigenvalue weighted by molar-refractivity contribution is -0.113. The number of hydrogen-bond donors (Lipinski definition) is 2. The van der Waals surface area contributed by atoms with E-state index in [2.05, 4.69) is 0 Å². The van der Waals surface area contributed by atoms with E-state index in [-0.39, 0.29) is 17.2 Å². The maximum absolute atomic E-state index is 12.6. The molecular formula is C17H11NO4S2. The molecule has 24 heavy (non-hydrogen) atoms. The number of carbonyl (C=O) groups is 2. The fraction of sp³-hybridized carbons (Fsp3) is 0. The molecule has 1 amide bonds.